The molecular weight excluding hydrogens is 302 g/mol. The fraction of sp³-hybridized carbons (Fsp3) is 0.500. The molecular formula is C16H26ClN3O2. The van der Waals surface area contributed by atoms with E-state index >= 15 is 0 Å². The molecule has 0 spiro atoms. The van der Waals surface area contributed by atoms with E-state index in [1.165, 1.54) is 0 Å². The third-order valence-corrected chi connectivity index (χ3v) is 3.16. The number of para-hydroxylation sites is 1. The number of amides is 2. The first kappa shape index (κ1) is 20.4. The zero-order chi connectivity index (χ0) is 16.0. The number of hydrogen-bond acceptors (Lipinski definition) is 3. The number of likely N-dealkylation sites (N-methyl/N-ethyl adjacent to an activating group) is 1. The summed E-state index contributed by atoms with van der Waals surface area (Å²) in [5.41, 5.74) is 0.495. The largest absolute Gasteiger partial charge is 0.350 e. The van der Waals surface area contributed by atoms with Crippen LogP contribution in [0.1, 0.15) is 38.1 Å². The molecule has 0 aliphatic heterocycles. The topological polar surface area (TPSA) is 70.2 Å². The lowest BCUT2D eigenvalue weighted by atomic mass is 9.95. The summed E-state index contributed by atoms with van der Waals surface area (Å²) in [6, 6.07) is 7.21. The van der Waals surface area contributed by atoms with Crippen LogP contribution < -0.4 is 16.0 Å². The summed E-state index contributed by atoms with van der Waals surface area (Å²) in [4.78, 5) is 24.3. The Morgan fingerprint density at radius 1 is 1.18 bits per heavy atom. The van der Waals surface area contributed by atoms with Gasteiger partial charge in [-0.05, 0) is 26.1 Å². The van der Waals surface area contributed by atoms with E-state index in [4.69, 9.17) is 0 Å². The van der Waals surface area contributed by atoms with Crippen molar-refractivity contribution in [3.8, 4) is 0 Å². The van der Waals surface area contributed by atoms with Crippen molar-refractivity contribution in [1.82, 2.24) is 10.6 Å². The molecule has 1 rings (SSSR count). The van der Waals surface area contributed by atoms with E-state index in [9.17, 15) is 9.59 Å². The highest BCUT2D eigenvalue weighted by Gasteiger charge is 2.23. The number of hydrogen-bond donors (Lipinski definition) is 3. The fourth-order valence-electron chi connectivity index (χ4n) is 1.54. The van der Waals surface area contributed by atoms with Crippen LogP contribution in [-0.2, 0) is 4.79 Å². The summed E-state index contributed by atoms with van der Waals surface area (Å²) in [5, 5.41) is 8.72. The molecule has 0 bridgehead atoms. The molecule has 0 saturated carbocycles. The average molecular weight is 328 g/mol. The molecule has 0 aliphatic rings. The van der Waals surface area contributed by atoms with E-state index in [0.29, 0.717) is 17.8 Å². The van der Waals surface area contributed by atoms with Crippen molar-refractivity contribution < 1.29 is 9.59 Å². The second-order valence-corrected chi connectivity index (χ2v) is 6.15. The maximum atomic E-state index is 12.2. The van der Waals surface area contributed by atoms with Crippen molar-refractivity contribution in [2.75, 3.05) is 18.9 Å². The van der Waals surface area contributed by atoms with E-state index in [2.05, 4.69) is 16.0 Å². The Morgan fingerprint density at radius 2 is 1.77 bits per heavy atom. The van der Waals surface area contributed by atoms with Gasteiger partial charge in [-0.15, -0.1) is 12.4 Å². The van der Waals surface area contributed by atoms with Gasteiger partial charge in [0.25, 0.3) is 5.91 Å². The molecule has 0 aromatic heterocycles. The van der Waals surface area contributed by atoms with Crippen molar-refractivity contribution >= 4 is 29.9 Å². The lowest BCUT2D eigenvalue weighted by Gasteiger charge is -2.19. The van der Waals surface area contributed by atoms with Gasteiger partial charge in [-0.25, -0.2) is 0 Å². The molecule has 1 unspecified atom stereocenters. The molecule has 2 amide bonds. The van der Waals surface area contributed by atoms with Crippen LogP contribution in [0.25, 0.3) is 0 Å². The summed E-state index contributed by atoms with van der Waals surface area (Å²) in [6.45, 7) is 8.00. The van der Waals surface area contributed by atoms with Gasteiger partial charge in [-0.1, -0.05) is 32.9 Å². The van der Waals surface area contributed by atoms with Crippen molar-refractivity contribution in [1.29, 1.82) is 0 Å². The molecule has 22 heavy (non-hydrogen) atoms. The normalized spacial score (nSPS) is 12.0. The average Bonchev–Trinajstić information content (AvgIpc) is 2.43. The van der Waals surface area contributed by atoms with Gasteiger partial charge in [0.15, 0.2) is 0 Å². The van der Waals surface area contributed by atoms with Crippen LogP contribution in [0.5, 0.6) is 0 Å². The summed E-state index contributed by atoms with van der Waals surface area (Å²) < 4.78 is 0. The van der Waals surface area contributed by atoms with Gasteiger partial charge in [0.1, 0.15) is 0 Å². The van der Waals surface area contributed by atoms with E-state index in [-0.39, 0.29) is 30.3 Å². The Balaban J connectivity index is 0.00000441. The number of rotatable bonds is 5. The van der Waals surface area contributed by atoms with Crippen molar-refractivity contribution in [3.05, 3.63) is 29.8 Å². The predicted molar refractivity (Wildman–Crippen MR) is 92.6 cm³/mol. The number of halogens is 1. The molecule has 124 valence electrons. The van der Waals surface area contributed by atoms with Crippen molar-refractivity contribution in [2.24, 2.45) is 5.41 Å². The van der Waals surface area contributed by atoms with Gasteiger partial charge >= 0.3 is 0 Å². The molecule has 1 aromatic carbocycles. The minimum Gasteiger partial charge on any atom is -0.350 e. The molecule has 1 aromatic rings. The lowest BCUT2D eigenvalue weighted by molar-refractivity contribution is -0.123. The zero-order valence-corrected chi connectivity index (χ0v) is 14.6. The highest BCUT2D eigenvalue weighted by molar-refractivity contribution is 6.04. The first-order valence-corrected chi connectivity index (χ1v) is 7.11. The Kier molecular flexibility index (Phi) is 8.12. The molecule has 0 heterocycles. The Labute approximate surface area is 138 Å². The standard InChI is InChI=1S/C16H25N3O2.ClH/c1-11(17-5)10-18-14(20)12-8-6-7-9-13(12)19-15(21)16(2,3)4;/h6-9,11,17H,10H2,1-5H3,(H,18,20)(H,19,21);1H. The van der Waals surface area contributed by atoms with E-state index in [0.717, 1.165) is 0 Å². The van der Waals surface area contributed by atoms with E-state index in [1.807, 2.05) is 34.7 Å². The number of benzene rings is 1. The second-order valence-electron chi connectivity index (χ2n) is 6.15. The number of anilines is 1. The highest BCUT2D eigenvalue weighted by atomic mass is 35.5. The summed E-state index contributed by atoms with van der Waals surface area (Å²) in [7, 11) is 1.84. The molecule has 6 heteroatoms. The first-order valence-electron chi connectivity index (χ1n) is 7.11. The minimum atomic E-state index is -0.510. The van der Waals surface area contributed by atoms with Crippen LogP contribution in [0.15, 0.2) is 24.3 Å². The molecule has 0 saturated heterocycles. The molecule has 0 aliphatic carbocycles. The quantitative estimate of drug-likeness (QED) is 0.778. The van der Waals surface area contributed by atoms with Gasteiger partial charge in [0.2, 0.25) is 5.91 Å². The number of carbonyl (C=O) groups is 2. The summed E-state index contributed by atoms with van der Waals surface area (Å²) in [6.07, 6.45) is 0. The van der Waals surface area contributed by atoms with Crippen LogP contribution >= 0.6 is 12.4 Å². The molecule has 1 atom stereocenters. The monoisotopic (exact) mass is 327 g/mol. The molecule has 3 N–H and O–H groups in total. The van der Waals surface area contributed by atoms with Crippen LogP contribution in [0.2, 0.25) is 0 Å². The first-order chi connectivity index (χ1) is 9.75. The Bertz CT molecular complexity index is 512. The fourth-order valence-corrected chi connectivity index (χ4v) is 1.54. The molecule has 0 radical (unpaired) electrons. The minimum absolute atomic E-state index is 0. The SMILES string of the molecule is CNC(C)CNC(=O)c1ccccc1NC(=O)C(C)(C)C.Cl. The van der Waals surface area contributed by atoms with Crippen LogP contribution in [-0.4, -0.2) is 31.4 Å². The highest BCUT2D eigenvalue weighted by Crippen LogP contribution is 2.20. The summed E-state index contributed by atoms with van der Waals surface area (Å²) >= 11 is 0. The van der Waals surface area contributed by atoms with Crippen LogP contribution in [0.4, 0.5) is 5.69 Å². The lowest BCUT2D eigenvalue weighted by Crippen LogP contribution is -2.37. The maximum Gasteiger partial charge on any atom is 0.253 e. The van der Waals surface area contributed by atoms with Gasteiger partial charge in [-0.2, -0.15) is 0 Å². The van der Waals surface area contributed by atoms with E-state index in [1.54, 1.807) is 24.3 Å². The predicted octanol–water partition coefficient (Wildman–Crippen LogP) is 2.43. The third kappa shape index (κ3) is 6.03. The van der Waals surface area contributed by atoms with Gasteiger partial charge < -0.3 is 16.0 Å². The zero-order valence-electron chi connectivity index (χ0n) is 13.8. The second kappa shape index (κ2) is 8.76. The van der Waals surface area contributed by atoms with Gasteiger partial charge in [-0.3, -0.25) is 9.59 Å². The van der Waals surface area contributed by atoms with Gasteiger partial charge in [0, 0.05) is 18.0 Å². The summed E-state index contributed by atoms with van der Waals surface area (Å²) in [5.74, 6) is -0.312. The maximum absolute atomic E-state index is 12.2. The van der Waals surface area contributed by atoms with Crippen LogP contribution in [0, 0.1) is 5.41 Å². The molecule has 5 nitrogen and oxygen atoms in total. The molecule has 0 fully saturated rings. The third-order valence-electron chi connectivity index (χ3n) is 3.16. The van der Waals surface area contributed by atoms with E-state index < -0.39 is 5.41 Å². The Morgan fingerprint density at radius 3 is 2.32 bits per heavy atom. The Hall–Kier alpha value is -1.59. The van der Waals surface area contributed by atoms with Crippen molar-refractivity contribution in [3.63, 3.8) is 0 Å². The van der Waals surface area contributed by atoms with Crippen molar-refractivity contribution in [2.45, 2.75) is 33.7 Å². The number of nitrogens with one attached hydrogen (secondary N) is 3. The van der Waals surface area contributed by atoms with Crippen LogP contribution in [0.3, 0.4) is 0 Å². The number of carbonyl (C=O) groups excluding carboxylic acids is 2. The smallest absolute Gasteiger partial charge is 0.253 e. The van der Waals surface area contributed by atoms with Gasteiger partial charge in [0.05, 0.1) is 11.3 Å².